The second-order valence-electron chi connectivity index (χ2n) is 5.78. The van der Waals surface area contributed by atoms with Crippen molar-refractivity contribution in [2.75, 3.05) is 5.73 Å². The Kier molecular flexibility index (Phi) is 2.70. The molecule has 0 atom stereocenters. The molecule has 1 aliphatic rings. The van der Waals surface area contributed by atoms with Crippen molar-refractivity contribution in [3.05, 3.63) is 30.4 Å². The van der Waals surface area contributed by atoms with Crippen molar-refractivity contribution in [1.29, 1.82) is 0 Å². The standard InChI is InChI=1S/C15H18N6/c1-20-9-11(7-18-20)13-6-12-8-17-15(16)19-21(12)14(13)10-4-2-3-5-10/h6-10H,2-5H2,1H3,(H2,16,19). The van der Waals surface area contributed by atoms with E-state index in [0.717, 1.165) is 11.1 Å². The van der Waals surface area contributed by atoms with Crippen molar-refractivity contribution in [2.24, 2.45) is 7.05 Å². The number of fused-ring (bicyclic) bond motifs is 1. The average Bonchev–Trinajstić information content (AvgIpc) is 3.15. The van der Waals surface area contributed by atoms with E-state index in [9.17, 15) is 0 Å². The zero-order chi connectivity index (χ0) is 14.4. The summed E-state index contributed by atoms with van der Waals surface area (Å²) >= 11 is 0. The SMILES string of the molecule is Cn1cc(-c2cc3cnc(N)nn3c2C2CCCC2)cn1. The summed E-state index contributed by atoms with van der Waals surface area (Å²) in [5, 5.41) is 8.72. The van der Waals surface area contributed by atoms with Gasteiger partial charge in [-0.25, -0.2) is 9.50 Å². The zero-order valence-corrected chi connectivity index (χ0v) is 12.0. The minimum Gasteiger partial charge on any atom is -0.367 e. The Morgan fingerprint density at radius 3 is 2.76 bits per heavy atom. The van der Waals surface area contributed by atoms with Crippen LogP contribution in [0, 0.1) is 0 Å². The highest BCUT2D eigenvalue weighted by Gasteiger charge is 2.25. The van der Waals surface area contributed by atoms with Gasteiger partial charge in [0.05, 0.1) is 23.6 Å². The molecule has 3 heterocycles. The molecule has 1 saturated carbocycles. The first kappa shape index (κ1) is 12.4. The topological polar surface area (TPSA) is 74.0 Å². The van der Waals surface area contributed by atoms with E-state index in [-0.39, 0.29) is 0 Å². The van der Waals surface area contributed by atoms with Crippen molar-refractivity contribution >= 4 is 11.5 Å². The fourth-order valence-corrected chi connectivity index (χ4v) is 3.38. The minimum atomic E-state index is 0.315. The molecule has 0 aromatic carbocycles. The molecule has 2 N–H and O–H groups in total. The molecule has 1 aliphatic carbocycles. The lowest BCUT2D eigenvalue weighted by atomic mass is 9.98. The molecule has 0 saturated heterocycles. The molecule has 108 valence electrons. The summed E-state index contributed by atoms with van der Waals surface area (Å²) in [5.74, 6) is 0.854. The molecule has 21 heavy (non-hydrogen) atoms. The summed E-state index contributed by atoms with van der Waals surface area (Å²) in [6.45, 7) is 0. The van der Waals surface area contributed by atoms with Crippen molar-refractivity contribution in [3.63, 3.8) is 0 Å². The fraction of sp³-hybridized carbons (Fsp3) is 0.400. The maximum Gasteiger partial charge on any atom is 0.238 e. The fourth-order valence-electron chi connectivity index (χ4n) is 3.38. The number of anilines is 1. The summed E-state index contributed by atoms with van der Waals surface area (Å²) < 4.78 is 3.80. The van der Waals surface area contributed by atoms with E-state index in [1.807, 2.05) is 28.6 Å². The quantitative estimate of drug-likeness (QED) is 0.783. The lowest BCUT2D eigenvalue weighted by molar-refractivity contribution is 0.668. The maximum absolute atomic E-state index is 5.78. The van der Waals surface area contributed by atoms with Crippen LogP contribution in [0.4, 0.5) is 5.95 Å². The third kappa shape index (κ3) is 1.98. The van der Waals surface area contributed by atoms with Gasteiger partial charge in [-0.15, -0.1) is 5.10 Å². The number of nitrogens with zero attached hydrogens (tertiary/aromatic N) is 5. The first-order valence-corrected chi connectivity index (χ1v) is 7.35. The van der Waals surface area contributed by atoms with Gasteiger partial charge < -0.3 is 5.73 Å². The molecule has 3 aromatic heterocycles. The highest BCUT2D eigenvalue weighted by molar-refractivity contribution is 5.73. The lowest BCUT2D eigenvalue weighted by Gasteiger charge is -2.11. The molecular formula is C15H18N6. The van der Waals surface area contributed by atoms with Gasteiger partial charge in [0.15, 0.2) is 0 Å². The summed E-state index contributed by atoms with van der Waals surface area (Å²) in [6.07, 6.45) is 10.7. The van der Waals surface area contributed by atoms with Crippen molar-refractivity contribution in [1.82, 2.24) is 24.4 Å². The Balaban J connectivity index is 1.98. The third-order valence-electron chi connectivity index (χ3n) is 4.33. The van der Waals surface area contributed by atoms with Crippen molar-refractivity contribution in [2.45, 2.75) is 31.6 Å². The molecule has 1 fully saturated rings. The molecule has 6 nitrogen and oxygen atoms in total. The van der Waals surface area contributed by atoms with Gasteiger partial charge in [0.1, 0.15) is 0 Å². The van der Waals surface area contributed by atoms with Crippen LogP contribution in [0.15, 0.2) is 24.7 Å². The summed E-state index contributed by atoms with van der Waals surface area (Å²) in [7, 11) is 1.94. The van der Waals surface area contributed by atoms with Gasteiger partial charge in [0.2, 0.25) is 5.95 Å². The zero-order valence-electron chi connectivity index (χ0n) is 12.0. The van der Waals surface area contributed by atoms with E-state index in [1.165, 1.54) is 36.9 Å². The van der Waals surface area contributed by atoms with Crippen LogP contribution in [0.2, 0.25) is 0 Å². The second kappa shape index (κ2) is 4.58. The van der Waals surface area contributed by atoms with Gasteiger partial charge in [0.25, 0.3) is 0 Å². The largest absolute Gasteiger partial charge is 0.367 e. The molecule has 0 spiro atoms. The number of nitrogen functional groups attached to an aromatic ring is 1. The Morgan fingerprint density at radius 1 is 1.24 bits per heavy atom. The van der Waals surface area contributed by atoms with Crippen molar-refractivity contribution in [3.8, 4) is 11.1 Å². The Labute approximate surface area is 122 Å². The second-order valence-corrected chi connectivity index (χ2v) is 5.78. The van der Waals surface area contributed by atoms with E-state index in [0.29, 0.717) is 11.9 Å². The molecule has 0 unspecified atom stereocenters. The third-order valence-corrected chi connectivity index (χ3v) is 4.33. The number of hydrogen-bond donors (Lipinski definition) is 1. The van der Waals surface area contributed by atoms with Crippen LogP contribution < -0.4 is 5.73 Å². The summed E-state index contributed by atoms with van der Waals surface area (Å²) in [5.41, 5.74) is 10.4. The number of aromatic nitrogens is 5. The molecule has 3 aromatic rings. The minimum absolute atomic E-state index is 0.315. The van der Waals surface area contributed by atoms with E-state index >= 15 is 0 Å². The van der Waals surface area contributed by atoms with Gasteiger partial charge in [0, 0.05) is 30.3 Å². The molecule has 6 heteroatoms. The predicted octanol–water partition coefficient (Wildman–Crippen LogP) is 2.37. The van der Waals surface area contributed by atoms with Gasteiger partial charge in [-0.05, 0) is 18.9 Å². The van der Waals surface area contributed by atoms with Crippen LogP contribution >= 0.6 is 0 Å². The maximum atomic E-state index is 5.78. The first-order chi connectivity index (χ1) is 10.2. The molecule has 4 rings (SSSR count). The molecule has 0 radical (unpaired) electrons. The van der Waals surface area contributed by atoms with Crippen LogP contribution in [-0.2, 0) is 7.05 Å². The van der Waals surface area contributed by atoms with Crippen LogP contribution in [0.25, 0.3) is 16.6 Å². The average molecular weight is 282 g/mol. The normalized spacial score (nSPS) is 16.0. The van der Waals surface area contributed by atoms with E-state index in [2.05, 4.69) is 21.2 Å². The van der Waals surface area contributed by atoms with Gasteiger partial charge >= 0.3 is 0 Å². The van der Waals surface area contributed by atoms with Crippen LogP contribution in [0.1, 0.15) is 37.3 Å². The smallest absolute Gasteiger partial charge is 0.238 e. The van der Waals surface area contributed by atoms with Gasteiger partial charge in [-0.1, -0.05) is 12.8 Å². The summed E-state index contributed by atoms with van der Waals surface area (Å²) in [4.78, 5) is 4.11. The predicted molar refractivity (Wildman–Crippen MR) is 80.8 cm³/mol. The van der Waals surface area contributed by atoms with E-state index in [1.54, 1.807) is 6.20 Å². The molecular weight excluding hydrogens is 264 g/mol. The molecule has 0 amide bonds. The molecule has 0 aliphatic heterocycles. The Hall–Kier alpha value is -2.37. The Morgan fingerprint density at radius 2 is 2.05 bits per heavy atom. The van der Waals surface area contributed by atoms with Gasteiger partial charge in [-0.2, -0.15) is 5.10 Å². The number of nitrogens with two attached hydrogens (primary N) is 1. The van der Waals surface area contributed by atoms with E-state index < -0.39 is 0 Å². The van der Waals surface area contributed by atoms with Crippen LogP contribution in [-0.4, -0.2) is 24.4 Å². The van der Waals surface area contributed by atoms with E-state index in [4.69, 9.17) is 5.73 Å². The molecule has 0 bridgehead atoms. The number of rotatable bonds is 2. The number of hydrogen-bond acceptors (Lipinski definition) is 4. The number of aryl methyl sites for hydroxylation is 1. The lowest BCUT2D eigenvalue weighted by Crippen LogP contribution is -2.06. The van der Waals surface area contributed by atoms with Crippen LogP contribution in [0.5, 0.6) is 0 Å². The van der Waals surface area contributed by atoms with Crippen molar-refractivity contribution < 1.29 is 0 Å². The van der Waals surface area contributed by atoms with Crippen LogP contribution in [0.3, 0.4) is 0 Å². The van der Waals surface area contributed by atoms with Gasteiger partial charge in [-0.3, -0.25) is 4.68 Å². The summed E-state index contributed by atoms with van der Waals surface area (Å²) in [6, 6.07) is 2.14. The highest BCUT2D eigenvalue weighted by Crippen LogP contribution is 2.40. The first-order valence-electron chi connectivity index (χ1n) is 7.35. The monoisotopic (exact) mass is 282 g/mol. The highest BCUT2D eigenvalue weighted by atomic mass is 15.3. The Bertz CT molecular complexity index is 794.